The maximum absolute atomic E-state index is 13.2. The standard InChI is InChI=1S/C23H19N3O3/c27-23(22-16-5-1-4-8-19(16)25-26-22)17-6-2-3-7-18(17)24-12-11-15-9-10-20-21(13-15)29-14-28-20/h1-10,13,24H,11-12,14H2,(H,25,26). The third-order valence-corrected chi connectivity index (χ3v) is 5.02. The molecule has 5 rings (SSSR count). The molecule has 6 nitrogen and oxygen atoms in total. The first-order valence-corrected chi connectivity index (χ1v) is 9.49. The highest BCUT2D eigenvalue weighted by Gasteiger charge is 2.19. The Balaban J connectivity index is 1.33. The van der Waals surface area contributed by atoms with Crippen LogP contribution < -0.4 is 14.8 Å². The van der Waals surface area contributed by atoms with Crippen LogP contribution in [0.15, 0.2) is 66.7 Å². The summed E-state index contributed by atoms with van der Waals surface area (Å²) in [6, 6.07) is 21.1. The molecule has 2 N–H and O–H groups in total. The number of rotatable bonds is 6. The smallest absolute Gasteiger partial charge is 0.231 e. The van der Waals surface area contributed by atoms with Crippen molar-refractivity contribution < 1.29 is 14.3 Å². The van der Waals surface area contributed by atoms with Crippen molar-refractivity contribution in [3.63, 3.8) is 0 Å². The summed E-state index contributed by atoms with van der Waals surface area (Å²) in [5.41, 5.74) is 3.83. The molecule has 0 amide bonds. The molecule has 0 atom stereocenters. The van der Waals surface area contributed by atoms with Crippen molar-refractivity contribution in [2.24, 2.45) is 0 Å². The van der Waals surface area contributed by atoms with Crippen LogP contribution >= 0.6 is 0 Å². The zero-order valence-electron chi connectivity index (χ0n) is 15.6. The summed E-state index contributed by atoms with van der Waals surface area (Å²) in [7, 11) is 0. The van der Waals surface area contributed by atoms with E-state index in [4.69, 9.17) is 9.47 Å². The van der Waals surface area contributed by atoms with Crippen LogP contribution in [0.4, 0.5) is 5.69 Å². The van der Waals surface area contributed by atoms with Crippen molar-refractivity contribution in [2.75, 3.05) is 18.7 Å². The van der Waals surface area contributed by atoms with Gasteiger partial charge < -0.3 is 14.8 Å². The van der Waals surface area contributed by atoms with E-state index in [1.165, 1.54) is 0 Å². The Bertz CT molecular complexity index is 1200. The molecule has 3 aromatic carbocycles. The highest BCUT2D eigenvalue weighted by atomic mass is 16.7. The lowest BCUT2D eigenvalue weighted by Gasteiger charge is -2.11. The zero-order chi connectivity index (χ0) is 19.6. The predicted octanol–water partition coefficient (Wildman–Crippen LogP) is 4.18. The van der Waals surface area contributed by atoms with Crippen LogP contribution in [0, 0.1) is 0 Å². The Labute approximate surface area is 167 Å². The molecule has 1 aliphatic heterocycles. The summed E-state index contributed by atoms with van der Waals surface area (Å²) < 4.78 is 10.8. The number of hydrogen-bond acceptors (Lipinski definition) is 5. The zero-order valence-corrected chi connectivity index (χ0v) is 15.6. The first-order valence-electron chi connectivity index (χ1n) is 9.49. The molecule has 6 heteroatoms. The number of ketones is 1. The normalized spacial score (nSPS) is 12.3. The maximum atomic E-state index is 13.2. The van der Waals surface area contributed by atoms with Crippen LogP contribution in [0.1, 0.15) is 21.6 Å². The maximum Gasteiger partial charge on any atom is 0.231 e. The monoisotopic (exact) mass is 385 g/mol. The number of ether oxygens (including phenoxy) is 2. The molecule has 0 saturated carbocycles. The predicted molar refractivity (Wildman–Crippen MR) is 111 cm³/mol. The summed E-state index contributed by atoms with van der Waals surface area (Å²) >= 11 is 0. The quantitative estimate of drug-likeness (QED) is 0.487. The minimum atomic E-state index is -0.103. The Morgan fingerprint density at radius 3 is 2.79 bits per heavy atom. The molecule has 144 valence electrons. The second kappa shape index (κ2) is 7.31. The molecule has 29 heavy (non-hydrogen) atoms. The number of para-hydroxylation sites is 2. The summed E-state index contributed by atoms with van der Waals surface area (Å²) in [6.45, 7) is 0.958. The van der Waals surface area contributed by atoms with E-state index >= 15 is 0 Å². The van der Waals surface area contributed by atoms with Gasteiger partial charge in [-0.1, -0.05) is 36.4 Å². The second-order valence-corrected chi connectivity index (χ2v) is 6.86. The molecule has 0 fully saturated rings. The Morgan fingerprint density at radius 2 is 1.83 bits per heavy atom. The van der Waals surface area contributed by atoms with Gasteiger partial charge in [-0.3, -0.25) is 9.89 Å². The van der Waals surface area contributed by atoms with E-state index in [-0.39, 0.29) is 12.6 Å². The van der Waals surface area contributed by atoms with Crippen LogP contribution in [0.2, 0.25) is 0 Å². The van der Waals surface area contributed by atoms with Crippen molar-refractivity contribution >= 4 is 22.4 Å². The molecule has 4 aromatic rings. The number of carbonyl (C=O) groups is 1. The number of H-pyrrole nitrogens is 1. The van der Waals surface area contributed by atoms with Crippen LogP contribution in [-0.4, -0.2) is 29.3 Å². The highest BCUT2D eigenvalue weighted by molar-refractivity contribution is 6.17. The van der Waals surface area contributed by atoms with Crippen molar-refractivity contribution in [3.05, 3.63) is 83.6 Å². The Hall–Kier alpha value is -3.80. The third kappa shape index (κ3) is 3.29. The lowest BCUT2D eigenvalue weighted by atomic mass is 10.0. The van der Waals surface area contributed by atoms with Crippen molar-refractivity contribution in [1.29, 1.82) is 0 Å². The van der Waals surface area contributed by atoms with E-state index in [9.17, 15) is 4.79 Å². The highest BCUT2D eigenvalue weighted by Crippen LogP contribution is 2.32. The summed E-state index contributed by atoms with van der Waals surface area (Å²) in [5.74, 6) is 1.46. The van der Waals surface area contributed by atoms with Gasteiger partial charge in [0.05, 0.1) is 5.52 Å². The van der Waals surface area contributed by atoms with E-state index in [2.05, 4.69) is 15.5 Å². The van der Waals surface area contributed by atoms with E-state index in [0.29, 0.717) is 17.8 Å². The molecule has 1 aromatic heterocycles. The topological polar surface area (TPSA) is 76.2 Å². The van der Waals surface area contributed by atoms with Crippen LogP contribution in [-0.2, 0) is 6.42 Å². The number of aromatic nitrogens is 2. The van der Waals surface area contributed by atoms with E-state index < -0.39 is 0 Å². The van der Waals surface area contributed by atoms with Crippen molar-refractivity contribution in [2.45, 2.75) is 6.42 Å². The molecule has 0 saturated heterocycles. The fourth-order valence-corrected chi connectivity index (χ4v) is 3.54. The molecule has 0 aliphatic carbocycles. The fraction of sp³-hybridized carbons (Fsp3) is 0.130. The van der Waals surface area contributed by atoms with Crippen molar-refractivity contribution in [3.8, 4) is 11.5 Å². The average molecular weight is 385 g/mol. The van der Waals surface area contributed by atoms with Gasteiger partial charge in [0.25, 0.3) is 0 Å². The number of nitrogens with one attached hydrogen (secondary N) is 2. The average Bonchev–Trinajstić information content (AvgIpc) is 3.40. The summed E-state index contributed by atoms with van der Waals surface area (Å²) in [4.78, 5) is 13.2. The number of anilines is 1. The summed E-state index contributed by atoms with van der Waals surface area (Å²) in [5, 5.41) is 11.4. The number of aromatic amines is 1. The van der Waals surface area contributed by atoms with Gasteiger partial charge in [-0.25, -0.2) is 0 Å². The molecule has 0 bridgehead atoms. The number of fused-ring (bicyclic) bond motifs is 2. The van der Waals surface area contributed by atoms with Gasteiger partial charge >= 0.3 is 0 Å². The molecule has 2 heterocycles. The van der Waals surface area contributed by atoms with Gasteiger partial charge in [-0.05, 0) is 42.3 Å². The minimum absolute atomic E-state index is 0.103. The van der Waals surface area contributed by atoms with E-state index in [1.54, 1.807) is 0 Å². The summed E-state index contributed by atoms with van der Waals surface area (Å²) in [6.07, 6.45) is 0.796. The Kier molecular flexibility index (Phi) is 4.37. The van der Waals surface area contributed by atoms with E-state index in [0.717, 1.165) is 40.1 Å². The van der Waals surface area contributed by atoms with Crippen LogP contribution in [0.3, 0.4) is 0 Å². The number of hydrogen-bond donors (Lipinski definition) is 2. The van der Waals surface area contributed by atoms with E-state index in [1.807, 2.05) is 66.7 Å². The number of benzene rings is 3. The largest absolute Gasteiger partial charge is 0.454 e. The molecule has 0 radical (unpaired) electrons. The lowest BCUT2D eigenvalue weighted by molar-refractivity contribution is 0.103. The van der Waals surface area contributed by atoms with Crippen LogP contribution in [0.25, 0.3) is 10.9 Å². The second-order valence-electron chi connectivity index (χ2n) is 6.86. The Morgan fingerprint density at radius 1 is 1.00 bits per heavy atom. The lowest BCUT2D eigenvalue weighted by Crippen LogP contribution is -2.11. The molecule has 1 aliphatic rings. The first-order chi connectivity index (χ1) is 14.3. The van der Waals surface area contributed by atoms with Crippen LogP contribution in [0.5, 0.6) is 11.5 Å². The van der Waals surface area contributed by atoms with Gasteiger partial charge in [0.2, 0.25) is 12.6 Å². The number of nitrogens with zero attached hydrogens (tertiary/aromatic N) is 1. The van der Waals surface area contributed by atoms with Gasteiger partial charge in [0.1, 0.15) is 5.69 Å². The fourth-order valence-electron chi connectivity index (χ4n) is 3.54. The van der Waals surface area contributed by atoms with Gasteiger partial charge in [0, 0.05) is 23.2 Å². The molecular weight excluding hydrogens is 366 g/mol. The first kappa shape index (κ1) is 17.3. The molecular formula is C23H19N3O3. The minimum Gasteiger partial charge on any atom is -0.454 e. The SMILES string of the molecule is O=C(c1ccccc1NCCc1ccc2c(c1)OCO2)c1n[nH]c2ccccc12. The van der Waals surface area contributed by atoms with Gasteiger partial charge in [0.15, 0.2) is 11.5 Å². The van der Waals surface area contributed by atoms with Crippen molar-refractivity contribution in [1.82, 2.24) is 10.2 Å². The molecule has 0 spiro atoms. The van der Waals surface area contributed by atoms with Gasteiger partial charge in [-0.15, -0.1) is 0 Å². The number of carbonyl (C=O) groups excluding carboxylic acids is 1. The third-order valence-electron chi connectivity index (χ3n) is 5.02. The molecule has 0 unspecified atom stereocenters. The van der Waals surface area contributed by atoms with Gasteiger partial charge in [-0.2, -0.15) is 5.10 Å².